The van der Waals surface area contributed by atoms with Gasteiger partial charge in [0.2, 0.25) is 0 Å². The molecule has 1 aromatic carbocycles. The van der Waals surface area contributed by atoms with Crippen LogP contribution in [0.1, 0.15) is 26.7 Å². The number of aliphatic imine (C=N–C) groups is 1. The minimum Gasteiger partial charge on any atom is -0.375 e. The maximum atomic E-state index is 5.65. The molecule has 2 rings (SSSR count). The number of hydrogen-bond donors (Lipinski definition) is 0. The summed E-state index contributed by atoms with van der Waals surface area (Å²) in [6.07, 6.45) is 1.89. The molecule has 0 spiro atoms. The minimum absolute atomic E-state index is 0.0497. The molecule has 0 unspecified atom stereocenters. The van der Waals surface area contributed by atoms with E-state index in [0.29, 0.717) is 0 Å². The molecule has 1 fully saturated rings. The molecule has 1 aliphatic rings. The molecule has 1 saturated heterocycles. The summed E-state index contributed by atoms with van der Waals surface area (Å²) in [4.78, 5) is 4.65. The van der Waals surface area contributed by atoms with Crippen LogP contribution in [0.15, 0.2) is 35.3 Å². The average Bonchev–Trinajstić information content (AvgIpc) is 2.17. The van der Waals surface area contributed by atoms with Gasteiger partial charge >= 0.3 is 0 Å². The predicted molar refractivity (Wildman–Crippen MR) is 62.8 cm³/mol. The van der Waals surface area contributed by atoms with Gasteiger partial charge in [-0.15, -0.1) is 0 Å². The monoisotopic (exact) mass is 203 g/mol. The molecule has 0 N–H and O–H groups in total. The Labute approximate surface area is 91.0 Å². The van der Waals surface area contributed by atoms with Gasteiger partial charge in [0.15, 0.2) is 0 Å². The third-order valence-electron chi connectivity index (χ3n) is 2.56. The SMILES string of the molecule is CC1(C)CC(=Nc2ccccc2)CCO1. The highest BCUT2D eigenvalue weighted by atomic mass is 16.5. The summed E-state index contributed by atoms with van der Waals surface area (Å²) < 4.78 is 5.65. The molecule has 1 aromatic rings. The maximum absolute atomic E-state index is 5.65. The van der Waals surface area contributed by atoms with E-state index in [1.54, 1.807) is 0 Å². The standard InChI is InChI=1S/C13H17NO/c1-13(2)10-12(8-9-15-13)14-11-6-4-3-5-7-11/h3-7H,8-10H2,1-2H3. The normalized spacial score (nSPS) is 22.9. The summed E-state index contributed by atoms with van der Waals surface area (Å²) in [5.74, 6) is 0. The van der Waals surface area contributed by atoms with E-state index in [1.165, 1.54) is 5.71 Å². The van der Waals surface area contributed by atoms with E-state index in [4.69, 9.17) is 4.74 Å². The van der Waals surface area contributed by atoms with Crippen molar-refractivity contribution in [1.82, 2.24) is 0 Å². The Hall–Kier alpha value is -1.15. The summed E-state index contributed by atoms with van der Waals surface area (Å²) in [6.45, 7) is 5.03. The van der Waals surface area contributed by atoms with Crippen LogP contribution in [-0.4, -0.2) is 17.9 Å². The van der Waals surface area contributed by atoms with E-state index < -0.39 is 0 Å². The molecular formula is C13H17NO. The summed E-state index contributed by atoms with van der Waals surface area (Å²) >= 11 is 0. The lowest BCUT2D eigenvalue weighted by Crippen LogP contribution is -2.34. The third kappa shape index (κ3) is 2.90. The molecule has 0 atom stereocenters. The van der Waals surface area contributed by atoms with Gasteiger partial charge in [0, 0.05) is 18.6 Å². The first-order chi connectivity index (χ1) is 7.16. The van der Waals surface area contributed by atoms with Gasteiger partial charge in [0.25, 0.3) is 0 Å². The minimum atomic E-state index is -0.0497. The van der Waals surface area contributed by atoms with Gasteiger partial charge in [-0.1, -0.05) is 18.2 Å². The highest BCUT2D eigenvalue weighted by Crippen LogP contribution is 2.24. The van der Waals surface area contributed by atoms with Crippen molar-refractivity contribution >= 4 is 11.4 Å². The lowest BCUT2D eigenvalue weighted by Gasteiger charge is -2.30. The van der Waals surface area contributed by atoms with Crippen LogP contribution in [0.4, 0.5) is 5.69 Å². The Balaban J connectivity index is 2.14. The van der Waals surface area contributed by atoms with Crippen molar-refractivity contribution in [2.45, 2.75) is 32.3 Å². The molecule has 1 heterocycles. The second-order valence-corrected chi connectivity index (χ2v) is 4.55. The molecular weight excluding hydrogens is 186 g/mol. The van der Waals surface area contributed by atoms with Gasteiger partial charge in [-0.05, 0) is 26.0 Å². The molecule has 0 aromatic heterocycles. The second kappa shape index (κ2) is 4.15. The van der Waals surface area contributed by atoms with Crippen LogP contribution < -0.4 is 0 Å². The van der Waals surface area contributed by atoms with Crippen LogP contribution in [0.3, 0.4) is 0 Å². The van der Waals surface area contributed by atoms with Crippen molar-refractivity contribution in [2.24, 2.45) is 4.99 Å². The number of hydrogen-bond acceptors (Lipinski definition) is 2. The topological polar surface area (TPSA) is 21.6 Å². The largest absolute Gasteiger partial charge is 0.375 e. The average molecular weight is 203 g/mol. The van der Waals surface area contributed by atoms with Gasteiger partial charge in [-0.2, -0.15) is 0 Å². The zero-order valence-electron chi connectivity index (χ0n) is 9.36. The molecule has 15 heavy (non-hydrogen) atoms. The molecule has 0 saturated carbocycles. The smallest absolute Gasteiger partial charge is 0.0678 e. The van der Waals surface area contributed by atoms with Crippen LogP contribution >= 0.6 is 0 Å². The lowest BCUT2D eigenvalue weighted by atomic mass is 9.96. The highest BCUT2D eigenvalue weighted by molar-refractivity contribution is 5.88. The predicted octanol–water partition coefficient (Wildman–Crippen LogP) is 3.35. The molecule has 2 heteroatoms. The van der Waals surface area contributed by atoms with Gasteiger partial charge in [0.1, 0.15) is 0 Å². The van der Waals surface area contributed by atoms with E-state index in [1.807, 2.05) is 30.3 Å². The molecule has 0 radical (unpaired) electrons. The summed E-state index contributed by atoms with van der Waals surface area (Å²) in [6, 6.07) is 10.1. The number of ether oxygens (including phenoxy) is 1. The van der Waals surface area contributed by atoms with Gasteiger partial charge in [-0.25, -0.2) is 0 Å². The fourth-order valence-corrected chi connectivity index (χ4v) is 1.86. The van der Waals surface area contributed by atoms with E-state index in [0.717, 1.165) is 25.1 Å². The first-order valence-corrected chi connectivity index (χ1v) is 5.41. The quantitative estimate of drug-likeness (QED) is 0.686. The Morgan fingerprint density at radius 1 is 1.20 bits per heavy atom. The Morgan fingerprint density at radius 3 is 2.60 bits per heavy atom. The summed E-state index contributed by atoms with van der Waals surface area (Å²) in [7, 11) is 0. The van der Waals surface area contributed by atoms with E-state index in [2.05, 4.69) is 18.8 Å². The molecule has 0 amide bonds. The van der Waals surface area contributed by atoms with Crippen molar-refractivity contribution < 1.29 is 4.74 Å². The van der Waals surface area contributed by atoms with Crippen molar-refractivity contribution in [2.75, 3.05) is 6.61 Å². The van der Waals surface area contributed by atoms with E-state index in [9.17, 15) is 0 Å². The molecule has 80 valence electrons. The van der Waals surface area contributed by atoms with Crippen LogP contribution in [-0.2, 0) is 4.74 Å². The first kappa shape index (κ1) is 10.4. The van der Waals surface area contributed by atoms with Crippen molar-refractivity contribution in [3.05, 3.63) is 30.3 Å². The Kier molecular flexibility index (Phi) is 2.87. The fourth-order valence-electron chi connectivity index (χ4n) is 1.86. The number of nitrogens with zero attached hydrogens (tertiary/aromatic N) is 1. The maximum Gasteiger partial charge on any atom is 0.0678 e. The summed E-state index contributed by atoms with van der Waals surface area (Å²) in [5, 5.41) is 0. The van der Waals surface area contributed by atoms with E-state index in [-0.39, 0.29) is 5.60 Å². The van der Waals surface area contributed by atoms with Crippen molar-refractivity contribution in [3.8, 4) is 0 Å². The first-order valence-electron chi connectivity index (χ1n) is 5.41. The Morgan fingerprint density at radius 2 is 1.93 bits per heavy atom. The Bertz CT molecular complexity index is 354. The summed E-state index contributed by atoms with van der Waals surface area (Å²) in [5.41, 5.74) is 2.24. The van der Waals surface area contributed by atoms with Crippen molar-refractivity contribution in [1.29, 1.82) is 0 Å². The van der Waals surface area contributed by atoms with Crippen LogP contribution in [0.25, 0.3) is 0 Å². The molecule has 1 aliphatic heterocycles. The van der Waals surface area contributed by atoms with Gasteiger partial charge in [0.05, 0.1) is 17.9 Å². The second-order valence-electron chi connectivity index (χ2n) is 4.55. The van der Waals surface area contributed by atoms with Crippen LogP contribution in [0.5, 0.6) is 0 Å². The number of benzene rings is 1. The van der Waals surface area contributed by atoms with Crippen LogP contribution in [0.2, 0.25) is 0 Å². The van der Waals surface area contributed by atoms with Crippen molar-refractivity contribution in [3.63, 3.8) is 0 Å². The highest BCUT2D eigenvalue weighted by Gasteiger charge is 2.25. The fraction of sp³-hybridized carbons (Fsp3) is 0.462. The third-order valence-corrected chi connectivity index (χ3v) is 2.56. The number of rotatable bonds is 1. The molecule has 2 nitrogen and oxygen atoms in total. The molecule has 0 aliphatic carbocycles. The lowest BCUT2D eigenvalue weighted by molar-refractivity contribution is -0.0198. The van der Waals surface area contributed by atoms with Crippen LogP contribution in [0, 0.1) is 0 Å². The number of para-hydroxylation sites is 1. The zero-order valence-corrected chi connectivity index (χ0v) is 9.36. The van der Waals surface area contributed by atoms with Gasteiger partial charge < -0.3 is 4.74 Å². The van der Waals surface area contributed by atoms with E-state index >= 15 is 0 Å². The zero-order chi connectivity index (χ0) is 10.7. The van der Waals surface area contributed by atoms with Gasteiger partial charge in [-0.3, -0.25) is 4.99 Å². The molecule has 0 bridgehead atoms.